The van der Waals surface area contributed by atoms with Crippen molar-refractivity contribution in [1.29, 1.82) is 0 Å². The summed E-state index contributed by atoms with van der Waals surface area (Å²) >= 11 is 0. The molecule has 0 saturated heterocycles. The lowest BCUT2D eigenvalue weighted by molar-refractivity contribution is 0.162. The van der Waals surface area contributed by atoms with Crippen LogP contribution in [-0.2, 0) is 9.57 Å². The fraction of sp³-hybridized carbons (Fsp3) is 0.550. The average molecular weight is 348 g/mol. The third-order valence-electron chi connectivity index (χ3n) is 3.73. The lowest BCUT2D eigenvalue weighted by Crippen LogP contribution is -2.06. The van der Waals surface area contributed by atoms with Crippen LogP contribution in [0.5, 0.6) is 5.75 Å². The highest BCUT2D eigenvalue weighted by Gasteiger charge is 2.05. The van der Waals surface area contributed by atoms with Crippen LogP contribution in [0.1, 0.15) is 37.3 Å². The van der Waals surface area contributed by atoms with Crippen molar-refractivity contribution in [3.63, 3.8) is 0 Å². The van der Waals surface area contributed by atoms with Crippen molar-refractivity contribution in [2.45, 2.75) is 40.0 Å². The molecule has 0 aliphatic carbocycles. The third kappa shape index (κ3) is 9.15. The lowest BCUT2D eigenvalue weighted by Gasteiger charge is -2.15. The number of rotatable bonds is 13. The van der Waals surface area contributed by atoms with Gasteiger partial charge in [0, 0.05) is 18.8 Å². The highest BCUT2D eigenvalue weighted by atomic mass is 16.6. The first-order chi connectivity index (χ1) is 12.2. The fourth-order valence-corrected chi connectivity index (χ4v) is 2.49. The maximum Gasteiger partial charge on any atom is 0.120 e. The number of allylic oxidation sites excluding steroid dienone is 1. The van der Waals surface area contributed by atoms with Gasteiger partial charge in [0.25, 0.3) is 0 Å². The van der Waals surface area contributed by atoms with Crippen molar-refractivity contribution >= 4 is 11.9 Å². The summed E-state index contributed by atoms with van der Waals surface area (Å²) in [7, 11) is 1.53. The van der Waals surface area contributed by atoms with Gasteiger partial charge in [-0.3, -0.25) is 0 Å². The first-order valence-electron chi connectivity index (χ1n) is 8.90. The van der Waals surface area contributed by atoms with E-state index in [4.69, 9.17) is 9.47 Å². The standard InChI is InChI=1S/C20H32N2O3/c1-5-6-13-25-19-15-17(2)20(18(3)16-19)21-10-8-7-9-12-24-14-11-22-23-4/h5-6,11,15-16,21H,7-10,12-14H2,1-4H3/b6-5+,22-11+. The van der Waals surface area contributed by atoms with E-state index in [1.54, 1.807) is 6.21 Å². The van der Waals surface area contributed by atoms with E-state index in [0.29, 0.717) is 13.2 Å². The topological polar surface area (TPSA) is 52.1 Å². The molecule has 0 amide bonds. The molecule has 1 aromatic rings. The van der Waals surface area contributed by atoms with E-state index >= 15 is 0 Å². The first kappa shape index (κ1) is 21.0. The van der Waals surface area contributed by atoms with Crippen molar-refractivity contribution in [3.05, 3.63) is 35.4 Å². The molecule has 0 aliphatic heterocycles. The molecule has 0 radical (unpaired) electrons. The average Bonchev–Trinajstić information content (AvgIpc) is 2.59. The van der Waals surface area contributed by atoms with Gasteiger partial charge in [-0.05, 0) is 63.3 Å². The Kier molecular flexibility index (Phi) is 11.2. The van der Waals surface area contributed by atoms with Crippen LogP contribution in [-0.4, -0.2) is 39.7 Å². The number of anilines is 1. The molecule has 0 heterocycles. The molecule has 1 aromatic carbocycles. The van der Waals surface area contributed by atoms with Crippen molar-refractivity contribution in [2.24, 2.45) is 5.16 Å². The number of nitrogens with one attached hydrogen (secondary N) is 1. The number of oxime groups is 1. The molecular weight excluding hydrogens is 316 g/mol. The normalized spacial score (nSPS) is 11.4. The van der Waals surface area contributed by atoms with Gasteiger partial charge >= 0.3 is 0 Å². The second-order valence-electron chi connectivity index (χ2n) is 5.85. The van der Waals surface area contributed by atoms with Gasteiger partial charge in [0.2, 0.25) is 0 Å². The van der Waals surface area contributed by atoms with Crippen LogP contribution < -0.4 is 10.1 Å². The summed E-state index contributed by atoms with van der Waals surface area (Å²) in [5, 5.41) is 7.17. The summed E-state index contributed by atoms with van der Waals surface area (Å²) in [6.07, 6.45) is 8.93. The van der Waals surface area contributed by atoms with Gasteiger partial charge in [-0.25, -0.2) is 0 Å². The van der Waals surface area contributed by atoms with Crippen LogP contribution in [0, 0.1) is 13.8 Å². The zero-order valence-corrected chi connectivity index (χ0v) is 16.0. The van der Waals surface area contributed by atoms with E-state index in [9.17, 15) is 0 Å². The van der Waals surface area contributed by atoms with E-state index in [-0.39, 0.29) is 0 Å². The quantitative estimate of drug-likeness (QED) is 0.247. The SMILES string of the molecule is C/C=C/COc1cc(C)c(NCCCCCOC/C=N/OC)c(C)c1. The Morgan fingerprint density at radius 2 is 1.84 bits per heavy atom. The number of unbranched alkanes of at least 4 members (excludes halogenated alkanes) is 2. The Hall–Kier alpha value is -2.01. The Morgan fingerprint density at radius 1 is 1.08 bits per heavy atom. The van der Waals surface area contributed by atoms with E-state index < -0.39 is 0 Å². The summed E-state index contributed by atoms with van der Waals surface area (Å²) in [5.41, 5.74) is 3.65. The van der Waals surface area contributed by atoms with Gasteiger partial charge in [0.05, 0.1) is 12.8 Å². The summed E-state index contributed by atoms with van der Waals surface area (Å²) in [6, 6.07) is 4.18. The molecule has 1 N–H and O–H groups in total. The maximum absolute atomic E-state index is 5.72. The number of hydrogen-bond acceptors (Lipinski definition) is 5. The van der Waals surface area contributed by atoms with Crippen LogP contribution in [0.4, 0.5) is 5.69 Å². The molecule has 1 rings (SSSR count). The Balaban J connectivity index is 2.25. The van der Waals surface area contributed by atoms with E-state index in [1.165, 1.54) is 23.9 Å². The molecule has 5 heteroatoms. The first-order valence-corrected chi connectivity index (χ1v) is 8.90. The predicted molar refractivity (Wildman–Crippen MR) is 105 cm³/mol. The zero-order valence-electron chi connectivity index (χ0n) is 16.0. The van der Waals surface area contributed by atoms with E-state index in [1.807, 2.05) is 19.1 Å². The van der Waals surface area contributed by atoms with Gasteiger partial charge in [-0.15, -0.1) is 0 Å². The lowest BCUT2D eigenvalue weighted by atomic mass is 10.1. The van der Waals surface area contributed by atoms with Crippen molar-refractivity contribution in [2.75, 3.05) is 38.8 Å². The number of ether oxygens (including phenoxy) is 2. The molecule has 0 aliphatic rings. The van der Waals surface area contributed by atoms with Crippen molar-refractivity contribution in [1.82, 2.24) is 0 Å². The second-order valence-corrected chi connectivity index (χ2v) is 5.85. The summed E-state index contributed by atoms with van der Waals surface area (Å²) in [5.74, 6) is 0.924. The maximum atomic E-state index is 5.72. The second kappa shape index (κ2) is 13.3. The Bertz CT molecular complexity index is 519. The molecule has 25 heavy (non-hydrogen) atoms. The molecule has 140 valence electrons. The minimum atomic E-state index is 0.507. The minimum Gasteiger partial charge on any atom is -0.490 e. The predicted octanol–water partition coefficient (Wildman–Crippen LogP) is 4.49. The molecular formula is C20H32N2O3. The van der Waals surface area contributed by atoms with Gasteiger partial charge in [0.1, 0.15) is 19.5 Å². The molecule has 0 aromatic heterocycles. The van der Waals surface area contributed by atoms with E-state index in [2.05, 4.69) is 41.3 Å². The monoisotopic (exact) mass is 348 g/mol. The number of benzene rings is 1. The molecule has 0 bridgehead atoms. The largest absolute Gasteiger partial charge is 0.490 e. The van der Waals surface area contributed by atoms with Crippen LogP contribution >= 0.6 is 0 Å². The minimum absolute atomic E-state index is 0.507. The molecule has 0 saturated carbocycles. The highest BCUT2D eigenvalue weighted by Crippen LogP contribution is 2.26. The van der Waals surface area contributed by atoms with Crippen LogP contribution in [0.25, 0.3) is 0 Å². The molecule has 5 nitrogen and oxygen atoms in total. The summed E-state index contributed by atoms with van der Waals surface area (Å²) < 4.78 is 11.1. The van der Waals surface area contributed by atoms with Gasteiger partial charge in [-0.1, -0.05) is 17.3 Å². The molecule has 0 spiro atoms. The fourth-order valence-electron chi connectivity index (χ4n) is 2.49. The smallest absolute Gasteiger partial charge is 0.120 e. The van der Waals surface area contributed by atoms with Crippen LogP contribution in [0.15, 0.2) is 29.4 Å². The van der Waals surface area contributed by atoms with Crippen LogP contribution in [0.2, 0.25) is 0 Å². The van der Waals surface area contributed by atoms with Crippen molar-refractivity contribution in [3.8, 4) is 5.75 Å². The van der Waals surface area contributed by atoms with Gasteiger partial charge < -0.3 is 19.6 Å². The Labute approximate surface area is 152 Å². The Morgan fingerprint density at radius 3 is 2.52 bits per heavy atom. The number of aryl methyl sites for hydroxylation is 2. The number of hydrogen-bond donors (Lipinski definition) is 1. The van der Waals surface area contributed by atoms with Gasteiger partial charge in [0.15, 0.2) is 0 Å². The number of nitrogens with zero attached hydrogens (tertiary/aromatic N) is 1. The molecule has 0 fully saturated rings. The van der Waals surface area contributed by atoms with Gasteiger partial charge in [-0.2, -0.15) is 0 Å². The van der Waals surface area contributed by atoms with Crippen LogP contribution in [0.3, 0.4) is 0 Å². The van der Waals surface area contributed by atoms with E-state index in [0.717, 1.165) is 38.2 Å². The molecule has 0 unspecified atom stereocenters. The highest BCUT2D eigenvalue weighted by molar-refractivity contribution is 5.59. The van der Waals surface area contributed by atoms with Crippen molar-refractivity contribution < 1.29 is 14.3 Å². The third-order valence-corrected chi connectivity index (χ3v) is 3.73. The zero-order chi connectivity index (χ0) is 18.3. The summed E-state index contributed by atoms with van der Waals surface area (Å²) in [4.78, 5) is 4.56. The summed E-state index contributed by atoms with van der Waals surface area (Å²) in [6.45, 7) is 9.07. The molecule has 0 atom stereocenters.